The fraction of sp³-hybridized carbons (Fsp3) is 0.467. The molecule has 0 fully saturated rings. The van der Waals surface area contributed by atoms with Crippen molar-refractivity contribution in [3.63, 3.8) is 0 Å². The van der Waals surface area contributed by atoms with Gasteiger partial charge in [0.05, 0.1) is 12.3 Å². The standard InChI is InChI=1S/C15H20N2O4/c1-15(2,3)21-14(19)17-11-8-9-20-12-7-5-4-6-10(12)16-13(11)18/h4-7,11H,8-9H2,1-3H3,(H,16,18)(H,17,19)/t11-/m0/s1. The number of para-hydroxylation sites is 2. The van der Waals surface area contributed by atoms with Crippen molar-refractivity contribution in [2.75, 3.05) is 11.9 Å². The van der Waals surface area contributed by atoms with Crippen LogP contribution in [0.25, 0.3) is 0 Å². The fourth-order valence-electron chi connectivity index (χ4n) is 1.92. The first-order valence-corrected chi connectivity index (χ1v) is 6.87. The second kappa shape index (κ2) is 6.03. The monoisotopic (exact) mass is 292 g/mol. The molecule has 0 unspecified atom stereocenters. The molecule has 114 valence electrons. The lowest BCUT2D eigenvalue weighted by Gasteiger charge is -2.25. The lowest BCUT2D eigenvalue weighted by molar-refractivity contribution is -0.118. The van der Waals surface area contributed by atoms with E-state index in [1.54, 1.807) is 39.0 Å². The number of amides is 2. The Balaban J connectivity index is 2.03. The summed E-state index contributed by atoms with van der Waals surface area (Å²) < 4.78 is 10.7. The second-order valence-electron chi connectivity index (χ2n) is 5.82. The molecule has 1 aliphatic heterocycles. The molecule has 2 amide bonds. The van der Waals surface area contributed by atoms with E-state index in [0.29, 0.717) is 24.5 Å². The Hall–Kier alpha value is -2.24. The lowest BCUT2D eigenvalue weighted by atomic mass is 10.1. The first-order chi connectivity index (χ1) is 9.85. The summed E-state index contributed by atoms with van der Waals surface area (Å²) in [6.07, 6.45) is -0.240. The third-order valence-electron chi connectivity index (χ3n) is 2.82. The third-order valence-corrected chi connectivity index (χ3v) is 2.82. The summed E-state index contributed by atoms with van der Waals surface area (Å²) in [5.74, 6) is 0.346. The van der Waals surface area contributed by atoms with Gasteiger partial charge in [0.2, 0.25) is 5.91 Å². The average molecular weight is 292 g/mol. The minimum absolute atomic E-state index is 0.281. The summed E-state index contributed by atoms with van der Waals surface area (Å²) in [6, 6.07) is 6.50. The molecular formula is C15H20N2O4. The zero-order valence-corrected chi connectivity index (χ0v) is 12.4. The van der Waals surface area contributed by atoms with Gasteiger partial charge < -0.3 is 20.1 Å². The molecule has 1 heterocycles. The normalized spacial score (nSPS) is 18.4. The predicted octanol–water partition coefficient (Wildman–Crippen LogP) is 2.30. The molecule has 0 saturated carbocycles. The van der Waals surface area contributed by atoms with E-state index in [1.165, 1.54) is 0 Å². The van der Waals surface area contributed by atoms with Crippen LogP contribution in [0.1, 0.15) is 27.2 Å². The fourth-order valence-corrected chi connectivity index (χ4v) is 1.92. The van der Waals surface area contributed by atoms with Crippen LogP contribution in [0.15, 0.2) is 24.3 Å². The van der Waals surface area contributed by atoms with E-state index in [1.807, 2.05) is 6.07 Å². The zero-order valence-electron chi connectivity index (χ0n) is 12.4. The van der Waals surface area contributed by atoms with Crippen molar-refractivity contribution in [2.24, 2.45) is 0 Å². The molecule has 0 spiro atoms. The maximum atomic E-state index is 12.2. The summed E-state index contributed by atoms with van der Waals surface area (Å²) >= 11 is 0. The molecule has 0 aromatic heterocycles. The van der Waals surface area contributed by atoms with Crippen LogP contribution in [0.3, 0.4) is 0 Å². The van der Waals surface area contributed by atoms with Crippen molar-refractivity contribution in [1.82, 2.24) is 5.32 Å². The number of alkyl carbamates (subject to hydrolysis) is 1. The third kappa shape index (κ3) is 4.37. The van der Waals surface area contributed by atoms with Gasteiger partial charge in [-0.2, -0.15) is 0 Å². The number of carbonyl (C=O) groups excluding carboxylic acids is 2. The van der Waals surface area contributed by atoms with Gasteiger partial charge >= 0.3 is 6.09 Å². The highest BCUT2D eigenvalue weighted by Gasteiger charge is 2.26. The highest BCUT2D eigenvalue weighted by Crippen LogP contribution is 2.25. The molecule has 1 aromatic rings. The van der Waals surface area contributed by atoms with Gasteiger partial charge in [-0.15, -0.1) is 0 Å². The van der Waals surface area contributed by atoms with E-state index in [-0.39, 0.29) is 5.91 Å². The molecule has 2 rings (SSSR count). The van der Waals surface area contributed by atoms with E-state index in [2.05, 4.69) is 10.6 Å². The summed E-state index contributed by atoms with van der Waals surface area (Å²) in [6.45, 7) is 5.64. The maximum Gasteiger partial charge on any atom is 0.408 e. The van der Waals surface area contributed by atoms with Gasteiger partial charge in [-0.3, -0.25) is 4.79 Å². The van der Waals surface area contributed by atoms with Crippen LogP contribution in [-0.4, -0.2) is 30.3 Å². The number of benzene rings is 1. The summed E-state index contributed by atoms with van der Waals surface area (Å²) in [7, 11) is 0. The van der Waals surface area contributed by atoms with Crippen LogP contribution < -0.4 is 15.4 Å². The highest BCUT2D eigenvalue weighted by atomic mass is 16.6. The van der Waals surface area contributed by atoms with Crippen LogP contribution in [0, 0.1) is 0 Å². The second-order valence-corrected chi connectivity index (χ2v) is 5.82. The number of rotatable bonds is 1. The van der Waals surface area contributed by atoms with Gasteiger partial charge in [0.1, 0.15) is 17.4 Å². The molecule has 0 radical (unpaired) electrons. The Morgan fingerprint density at radius 1 is 1.38 bits per heavy atom. The van der Waals surface area contributed by atoms with Gasteiger partial charge in [-0.25, -0.2) is 4.79 Å². The number of carbonyl (C=O) groups is 2. The van der Waals surface area contributed by atoms with Crippen molar-refractivity contribution in [1.29, 1.82) is 0 Å². The number of anilines is 1. The molecule has 1 aliphatic rings. The first kappa shape index (κ1) is 15.2. The molecule has 0 aliphatic carbocycles. The van der Waals surface area contributed by atoms with Crippen molar-refractivity contribution < 1.29 is 19.1 Å². The Kier molecular flexibility index (Phi) is 4.35. The summed E-state index contributed by atoms with van der Waals surface area (Å²) in [5.41, 5.74) is -0.0103. The average Bonchev–Trinajstić information content (AvgIpc) is 2.35. The molecule has 0 bridgehead atoms. The number of hydrogen-bond donors (Lipinski definition) is 2. The van der Waals surface area contributed by atoms with Crippen molar-refractivity contribution in [3.8, 4) is 5.75 Å². The smallest absolute Gasteiger partial charge is 0.408 e. The highest BCUT2D eigenvalue weighted by molar-refractivity contribution is 5.97. The maximum absolute atomic E-state index is 12.2. The molecule has 1 aromatic carbocycles. The Morgan fingerprint density at radius 2 is 2.10 bits per heavy atom. The molecule has 6 nitrogen and oxygen atoms in total. The van der Waals surface area contributed by atoms with Crippen LogP contribution in [0.2, 0.25) is 0 Å². The quantitative estimate of drug-likeness (QED) is 0.832. The van der Waals surface area contributed by atoms with E-state index in [4.69, 9.17) is 9.47 Å². The van der Waals surface area contributed by atoms with E-state index in [9.17, 15) is 9.59 Å². The van der Waals surface area contributed by atoms with Crippen molar-refractivity contribution in [2.45, 2.75) is 38.8 Å². The van der Waals surface area contributed by atoms with Crippen LogP contribution in [-0.2, 0) is 9.53 Å². The Morgan fingerprint density at radius 3 is 2.81 bits per heavy atom. The Labute approximate surface area is 123 Å². The van der Waals surface area contributed by atoms with E-state index >= 15 is 0 Å². The SMILES string of the molecule is CC(C)(C)OC(=O)N[C@H]1CCOc2ccccc2NC1=O. The lowest BCUT2D eigenvalue weighted by Crippen LogP contribution is -2.47. The van der Waals surface area contributed by atoms with Crippen molar-refractivity contribution in [3.05, 3.63) is 24.3 Å². The molecule has 1 atom stereocenters. The molecule has 6 heteroatoms. The predicted molar refractivity (Wildman–Crippen MR) is 78.3 cm³/mol. The molecule has 2 N–H and O–H groups in total. The number of hydrogen-bond acceptors (Lipinski definition) is 4. The number of fused-ring (bicyclic) bond motifs is 1. The van der Waals surface area contributed by atoms with Gasteiger partial charge in [0, 0.05) is 6.42 Å². The van der Waals surface area contributed by atoms with Crippen molar-refractivity contribution >= 4 is 17.7 Å². The Bertz CT molecular complexity index is 537. The van der Waals surface area contributed by atoms with Gasteiger partial charge in [0.25, 0.3) is 0 Å². The number of ether oxygens (including phenoxy) is 2. The zero-order chi connectivity index (χ0) is 15.5. The minimum atomic E-state index is -0.687. The van der Waals surface area contributed by atoms with Crippen LogP contribution in [0.4, 0.5) is 10.5 Å². The topological polar surface area (TPSA) is 76.7 Å². The van der Waals surface area contributed by atoms with E-state index < -0.39 is 17.7 Å². The molecule has 0 saturated heterocycles. The van der Waals surface area contributed by atoms with Crippen LogP contribution in [0.5, 0.6) is 5.75 Å². The van der Waals surface area contributed by atoms with Gasteiger partial charge in [-0.1, -0.05) is 12.1 Å². The van der Waals surface area contributed by atoms with Crippen LogP contribution >= 0.6 is 0 Å². The summed E-state index contributed by atoms with van der Waals surface area (Å²) in [4.78, 5) is 24.0. The number of nitrogens with one attached hydrogen (secondary N) is 2. The van der Waals surface area contributed by atoms with E-state index in [0.717, 1.165) is 0 Å². The largest absolute Gasteiger partial charge is 0.491 e. The van der Waals surface area contributed by atoms with Gasteiger partial charge in [0.15, 0.2) is 0 Å². The minimum Gasteiger partial charge on any atom is -0.491 e. The molecular weight excluding hydrogens is 272 g/mol. The van der Waals surface area contributed by atoms with Gasteiger partial charge in [-0.05, 0) is 32.9 Å². The summed E-state index contributed by atoms with van der Waals surface area (Å²) in [5, 5.41) is 5.32. The molecule has 21 heavy (non-hydrogen) atoms. The first-order valence-electron chi connectivity index (χ1n) is 6.87.